The van der Waals surface area contributed by atoms with Crippen LogP contribution in [0, 0.1) is 5.41 Å². The minimum absolute atomic E-state index is 0.116. The molecule has 0 aromatic heterocycles. The number of Topliss-reactive ketones (excluding diaryl/α,β-unsaturated/α-hetero) is 1. The zero-order valence-corrected chi connectivity index (χ0v) is 21.9. The molecule has 3 nitrogen and oxygen atoms in total. The number of benzene rings is 3. The number of halogens is 1. The molecule has 2 aliphatic rings. The molecule has 36 heavy (non-hydrogen) atoms. The van der Waals surface area contributed by atoms with Gasteiger partial charge in [0.05, 0.1) is 0 Å². The highest BCUT2D eigenvalue weighted by molar-refractivity contribution is 6.30. The van der Waals surface area contributed by atoms with Crippen LogP contribution in [-0.4, -0.2) is 19.9 Å². The van der Waals surface area contributed by atoms with Crippen molar-refractivity contribution in [2.45, 2.75) is 26.2 Å². The van der Waals surface area contributed by atoms with Gasteiger partial charge in [-0.25, -0.2) is 0 Å². The van der Waals surface area contributed by atoms with Crippen LogP contribution in [0.4, 0.5) is 5.69 Å². The van der Waals surface area contributed by atoms with Gasteiger partial charge in [-0.2, -0.15) is 0 Å². The smallest absolute Gasteiger partial charge is 0.188 e. The second-order valence-corrected chi connectivity index (χ2v) is 10.9. The molecule has 1 heterocycles. The lowest BCUT2D eigenvalue weighted by molar-refractivity contribution is -0.113. The van der Waals surface area contributed by atoms with Crippen LogP contribution in [0.1, 0.15) is 42.9 Å². The van der Waals surface area contributed by atoms with Gasteiger partial charge in [0.15, 0.2) is 5.78 Å². The van der Waals surface area contributed by atoms with Crippen molar-refractivity contribution in [1.29, 1.82) is 0 Å². The summed E-state index contributed by atoms with van der Waals surface area (Å²) in [6.45, 7) is 4.32. The van der Waals surface area contributed by atoms with Crippen LogP contribution in [0.5, 0.6) is 0 Å². The number of rotatable bonds is 4. The lowest BCUT2D eigenvalue weighted by Crippen LogP contribution is -2.37. The molecule has 0 saturated heterocycles. The van der Waals surface area contributed by atoms with Crippen molar-refractivity contribution in [3.63, 3.8) is 0 Å². The Morgan fingerprint density at radius 2 is 1.61 bits per heavy atom. The zero-order chi connectivity index (χ0) is 25.4. The van der Waals surface area contributed by atoms with E-state index < -0.39 is 0 Å². The van der Waals surface area contributed by atoms with E-state index in [9.17, 15) is 4.79 Å². The molecule has 0 saturated carbocycles. The standard InChI is InChI=1S/C32H31ClN2O/c1-32(2)20-29-30(31(36)27(32)18-21-10-16-25(17-11-21)35(3)4)26(22-8-6-5-7-9-22)19-28(34-29)23-12-14-24(33)15-13-23/h5-19,26,34H,20H2,1-4H3/b27-18+. The van der Waals surface area contributed by atoms with Crippen molar-refractivity contribution in [2.75, 3.05) is 19.0 Å². The predicted molar refractivity (Wildman–Crippen MR) is 151 cm³/mol. The highest BCUT2D eigenvalue weighted by Crippen LogP contribution is 2.48. The zero-order valence-electron chi connectivity index (χ0n) is 21.2. The fraction of sp³-hybridized carbons (Fsp3) is 0.219. The summed E-state index contributed by atoms with van der Waals surface area (Å²) >= 11 is 6.15. The molecule has 3 aromatic carbocycles. The van der Waals surface area contributed by atoms with Gasteiger partial charge in [0.2, 0.25) is 0 Å². The Bertz CT molecular complexity index is 1380. The van der Waals surface area contributed by atoms with E-state index in [4.69, 9.17) is 11.6 Å². The summed E-state index contributed by atoms with van der Waals surface area (Å²) in [5, 5.41) is 4.33. The maximum Gasteiger partial charge on any atom is 0.188 e. The Balaban J connectivity index is 1.59. The first-order chi connectivity index (χ1) is 17.2. The van der Waals surface area contributed by atoms with Gasteiger partial charge in [0.25, 0.3) is 0 Å². The van der Waals surface area contributed by atoms with Crippen LogP contribution < -0.4 is 10.2 Å². The quantitative estimate of drug-likeness (QED) is 0.382. The van der Waals surface area contributed by atoms with Gasteiger partial charge in [-0.1, -0.05) is 80.0 Å². The maximum atomic E-state index is 14.2. The van der Waals surface area contributed by atoms with E-state index in [0.717, 1.165) is 51.3 Å². The Morgan fingerprint density at radius 3 is 2.25 bits per heavy atom. The second-order valence-electron chi connectivity index (χ2n) is 10.4. The van der Waals surface area contributed by atoms with Gasteiger partial charge < -0.3 is 10.2 Å². The molecule has 0 amide bonds. The van der Waals surface area contributed by atoms with E-state index in [1.165, 1.54) is 0 Å². The van der Waals surface area contributed by atoms with Crippen LogP contribution >= 0.6 is 11.6 Å². The fourth-order valence-electron chi connectivity index (χ4n) is 5.13. The monoisotopic (exact) mass is 494 g/mol. The summed E-state index contributed by atoms with van der Waals surface area (Å²) in [6, 6.07) is 26.5. The van der Waals surface area contributed by atoms with Crippen molar-refractivity contribution >= 4 is 34.8 Å². The number of nitrogens with one attached hydrogen (secondary N) is 1. The molecule has 1 atom stereocenters. The molecule has 0 radical (unpaired) electrons. The molecule has 1 N–H and O–H groups in total. The molecule has 4 heteroatoms. The first-order valence-corrected chi connectivity index (χ1v) is 12.7. The van der Waals surface area contributed by atoms with Crippen molar-refractivity contribution < 1.29 is 4.79 Å². The van der Waals surface area contributed by atoms with Crippen LogP contribution in [-0.2, 0) is 4.79 Å². The summed E-state index contributed by atoms with van der Waals surface area (Å²) < 4.78 is 0. The predicted octanol–water partition coefficient (Wildman–Crippen LogP) is 7.47. The van der Waals surface area contributed by atoms with Crippen molar-refractivity contribution in [2.24, 2.45) is 5.41 Å². The molecule has 5 rings (SSSR count). The Hall–Kier alpha value is -3.56. The highest BCUT2D eigenvalue weighted by Gasteiger charge is 2.42. The molecule has 3 aromatic rings. The number of hydrogen-bond donors (Lipinski definition) is 1. The Morgan fingerprint density at radius 1 is 0.944 bits per heavy atom. The van der Waals surface area contributed by atoms with Gasteiger partial charge in [0, 0.05) is 53.3 Å². The largest absolute Gasteiger partial charge is 0.378 e. The van der Waals surface area contributed by atoms with Crippen LogP contribution in [0.25, 0.3) is 11.8 Å². The minimum atomic E-state index is -0.313. The number of anilines is 1. The molecule has 0 fully saturated rings. The summed E-state index contributed by atoms with van der Waals surface area (Å²) in [6.07, 6.45) is 5.01. The number of carbonyl (C=O) groups is 1. The molecular formula is C32H31ClN2O. The summed E-state index contributed by atoms with van der Waals surface area (Å²) in [5.74, 6) is -0.0121. The molecule has 182 valence electrons. The third-order valence-corrected chi connectivity index (χ3v) is 7.38. The lowest BCUT2D eigenvalue weighted by atomic mass is 9.67. The van der Waals surface area contributed by atoms with Gasteiger partial charge in [-0.15, -0.1) is 0 Å². The number of allylic oxidation sites excluding steroid dienone is 4. The van der Waals surface area contributed by atoms with Gasteiger partial charge in [-0.05, 0) is 64.9 Å². The Labute approximate surface area is 218 Å². The average molecular weight is 495 g/mol. The summed E-state index contributed by atoms with van der Waals surface area (Å²) in [4.78, 5) is 16.3. The second kappa shape index (κ2) is 9.48. The van der Waals surface area contributed by atoms with Gasteiger partial charge in [0.1, 0.15) is 0 Å². The summed E-state index contributed by atoms with van der Waals surface area (Å²) in [5.41, 5.74) is 7.74. The van der Waals surface area contributed by atoms with Crippen LogP contribution in [0.3, 0.4) is 0 Å². The first kappa shape index (κ1) is 24.1. The normalized spacial score (nSPS) is 20.0. The number of hydrogen-bond acceptors (Lipinski definition) is 3. The molecular weight excluding hydrogens is 464 g/mol. The number of dihydropyridines is 1. The topological polar surface area (TPSA) is 32.3 Å². The third-order valence-electron chi connectivity index (χ3n) is 7.13. The molecule has 0 bridgehead atoms. The number of nitrogens with zero attached hydrogens (tertiary/aromatic N) is 1. The van der Waals surface area contributed by atoms with Crippen LogP contribution in [0.15, 0.2) is 102 Å². The van der Waals surface area contributed by atoms with Gasteiger partial charge >= 0.3 is 0 Å². The van der Waals surface area contributed by atoms with Crippen LogP contribution in [0.2, 0.25) is 5.02 Å². The Kier molecular flexibility index (Phi) is 6.36. The van der Waals surface area contributed by atoms with E-state index in [1.54, 1.807) is 0 Å². The van der Waals surface area contributed by atoms with Crippen molar-refractivity contribution in [3.05, 3.63) is 123 Å². The van der Waals surface area contributed by atoms with E-state index >= 15 is 0 Å². The van der Waals surface area contributed by atoms with E-state index in [0.29, 0.717) is 5.02 Å². The molecule has 1 aliphatic heterocycles. The van der Waals surface area contributed by atoms with Crippen molar-refractivity contribution in [3.8, 4) is 0 Å². The van der Waals surface area contributed by atoms with Crippen molar-refractivity contribution in [1.82, 2.24) is 5.32 Å². The average Bonchev–Trinajstić information content (AvgIpc) is 2.87. The van der Waals surface area contributed by atoms with E-state index in [1.807, 2.05) is 56.6 Å². The third kappa shape index (κ3) is 4.64. The highest BCUT2D eigenvalue weighted by atomic mass is 35.5. The lowest BCUT2D eigenvalue weighted by Gasteiger charge is -2.40. The minimum Gasteiger partial charge on any atom is -0.378 e. The molecule has 0 spiro atoms. The fourth-order valence-corrected chi connectivity index (χ4v) is 5.26. The van der Waals surface area contributed by atoms with E-state index in [-0.39, 0.29) is 17.1 Å². The molecule has 1 aliphatic carbocycles. The number of carbonyl (C=O) groups excluding carboxylic acids is 1. The maximum absolute atomic E-state index is 14.2. The van der Waals surface area contributed by atoms with Gasteiger partial charge in [-0.3, -0.25) is 4.79 Å². The summed E-state index contributed by atoms with van der Waals surface area (Å²) in [7, 11) is 4.06. The SMILES string of the molecule is CN(C)c1ccc(/C=C2\C(=O)C3=C(CC2(C)C)NC(c2ccc(Cl)cc2)=CC3c2ccccc2)cc1. The first-order valence-electron chi connectivity index (χ1n) is 12.3. The molecule has 1 unspecified atom stereocenters. The number of ketones is 1. The van der Waals surface area contributed by atoms with E-state index in [2.05, 4.69) is 72.6 Å².